The molecule has 0 bridgehead atoms. The molecule has 1 aliphatic rings. The van der Waals surface area contributed by atoms with Gasteiger partial charge < -0.3 is 10.3 Å². The average molecular weight is 325 g/mol. The van der Waals surface area contributed by atoms with Crippen molar-refractivity contribution in [2.75, 3.05) is 0 Å². The molecule has 0 fully saturated rings. The van der Waals surface area contributed by atoms with Crippen LogP contribution in [0.15, 0.2) is 29.4 Å². The van der Waals surface area contributed by atoms with Gasteiger partial charge in [-0.15, -0.1) is 11.3 Å². The Hall–Kier alpha value is -2.18. The smallest absolute Gasteiger partial charge is 0.152 e. The molecule has 118 valence electrons. The van der Waals surface area contributed by atoms with Crippen molar-refractivity contribution in [1.82, 2.24) is 14.6 Å². The number of hydrogen-bond acceptors (Lipinski definition) is 5. The minimum absolute atomic E-state index is 0.570. The second-order valence-corrected chi connectivity index (χ2v) is 7.10. The maximum absolute atomic E-state index is 5.73. The van der Waals surface area contributed by atoms with E-state index in [2.05, 4.69) is 51.0 Å². The summed E-state index contributed by atoms with van der Waals surface area (Å²) in [4.78, 5) is 4.64. The lowest BCUT2D eigenvalue weighted by Gasteiger charge is -2.23. The Balaban J connectivity index is 1.63. The van der Waals surface area contributed by atoms with Gasteiger partial charge in [0.15, 0.2) is 5.65 Å². The lowest BCUT2D eigenvalue weighted by atomic mass is 10.1. The average Bonchev–Trinajstić information content (AvgIpc) is 3.05. The van der Waals surface area contributed by atoms with E-state index in [4.69, 9.17) is 5.73 Å². The predicted octanol–water partition coefficient (Wildman–Crippen LogP) is 2.75. The van der Waals surface area contributed by atoms with Crippen molar-refractivity contribution in [3.8, 4) is 0 Å². The van der Waals surface area contributed by atoms with Crippen molar-refractivity contribution in [3.05, 3.63) is 51.7 Å². The SMILES string of the molecule is Cc1nc2c(s1)c1c(n2C)CN(Cc2cccc(CN)c2)N=C1. The molecule has 6 heteroatoms. The zero-order chi connectivity index (χ0) is 16.0. The first kappa shape index (κ1) is 14.4. The monoisotopic (exact) mass is 325 g/mol. The molecule has 1 aromatic carbocycles. The summed E-state index contributed by atoms with van der Waals surface area (Å²) in [5.41, 5.74) is 11.7. The Morgan fingerprint density at radius 2 is 2.13 bits per heavy atom. The van der Waals surface area contributed by atoms with Crippen LogP contribution in [0.25, 0.3) is 10.3 Å². The number of benzene rings is 1. The highest BCUT2D eigenvalue weighted by atomic mass is 32.1. The van der Waals surface area contributed by atoms with Crippen molar-refractivity contribution in [3.63, 3.8) is 0 Å². The molecule has 5 nitrogen and oxygen atoms in total. The molecular formula is C17H19N5S. The van der Waals surface area contributed by atoms with Gasteiger partial charge in [0, 0.05) is 19.2 Å². The molecule has 3 aromatic rings. The molecule has 0 unspecified atom stereocenters. The van der Waals surface area contributed by atoms with Crippen molar-refractivity contribution >= 4 is 27.9 Å². The van der Waals surface area contributed by atoms with Crippen LogP contribution in [-0.2, 0) is 26.7 Å². The van der Waals surface area contributed by atoms with Crippen LogP contribution < -0.4 is 5.73 Å². The van der Waals surface area contributed by atoms with Gasteiger partial charge in [-0.2, -0.15) is 5.10 Å². The van der Waals surface area contributed by atoms with E-state index in [1.165, 1.54) is 21.5 Å². The number of hydrogen-bond donors (Lipinski definition) is 1. The second-order valence-electron chi connectivity index (χ2n) is 5.90. The second kappa shape index (κ2) is 5.47. The molecule has 1 aliphatic heterocycles. The summed E-state index contributed by atoms with van der Waals surface area (Å²) in [5.74, 6) is 0. The van der Waals surface area contributed by atoms with Crippen LogP contribution in [0.5, 0.6) is 0 Å². The van der Waals surface area contributed by atoms with Crippen molar-refractivity contribution in [2.24, 2.45) is 17.9 Å². The number of aromatic nitrogens is 2. The number of hydrazone groups is 1. The van der Waals surface area contributed by atoms with E-state index in [9.17, 15) is 0 Å². The standard InChI is InChI=1S/C17H19N5S/c1-11-20-17-16(23-11)14-8-19-22(10-15(14)21(17)2)9-13-5-3-4-12(6-13)7-18/h3-6,8H,7,9-10,18H2,1-2H3. The number of rotatable bonds is 3. The number of thiazole rings is 1. The highest BCUT2D eigenvalue weighted by Crippen LogP contribution is 2.32. The van der Waals surface area contributed by atoms with E-state index >= 15 is 0 Å². The first-order valence-electron chi connectivity index (χ1n) is 7.67. The molecule has 3 heterocycles. The topological polar surface area (TPSA) is 59.4 Å². The van der Waals surface area contributed by atoms with Crippen LogP contribution >= 0.6 is 11.3 Å². The van der Waals surface area contributed by atoms with Gasteiger partial charge in [0.1, 0.15) is 0 Å². The summed E-state index contributed by atoms with van der Waals surface area (Å²) in [7, 11) is 2.09. The van der Waals surface area contributed by atoms with Crippen LogP contribution in [0, 0.1) is 6.92 Å². The first-order chi connectivity index (χ1) is 11.2. The Morgan fingerprint density at radius 1 is 1.30 bits per heavy atom. The summed E-state index contributed by atoms with van der Waals surface area (Å²) < 4.78 is 3.44. The zero-order valence-electron chi connectivity index (χ0n) is 13.3. The quantitative estimate of drug-likeness (QED) is 0.805. The Kier molecular flexibility index (Phi) is 3.43. The summed E-state index contributed by atoms with van der Waals surface area (Å²) in [6, 6.07) is 8.39. The van der Waals surface area contributed by atoms with Gasteiger partial charge in [0.25, 0.3) is 0 Å². The molecule has 0 amide bonds. The summed E-state index contributed by atoms with van der Waals surface area (Å²) >= 11 is 1.74. The van der Waals surface area contributed by atoms with Gasteiger partial charge in [-0.1, -0.05) is 24.3 Å². The third kappa shape index (κ3) is 2.44. The highest BCUT2D eigenvalue weighted by molar-refractivity contribution is 7.18. The largest absolute Gasteiger partial charge is 0.329 e. The molecule has 23 heavy (non-hydrogen) atoms. The predicted molar refractivity (Wildman–Crippen MR) is 94.5 cm³/mol. The molecule has 0 aliphatic carbocycles. The van der Waals surface area contributed by atoms with Crippen LogP contribution in [0.2, 0.25) is 0 Å². The van der Waals surface area contributed by atoms with E-state index < -0.39 is 0 Å². The van der Waals surface area contributed by atoms with E-state index in [0.29, 0.717) is 6.54 Å². The Bertz CT molecular complexity index is 905. The van der Waals surface area contributed by atoms with Crippen LogP contribution in [0.4, 0.5) is 0 Å². The zero-order valence-corrected chi connectivity index (χ0v) is 14.1. The molecule has 4 rings (SSSR count). The van der Waals surface area contributed by atoms with E-state index in [-0.39, 0.29) is 0 Å². The number of fused-ring (bicyclic) bond motifs is 3. The fourth-order valence-electron chi connectivity index (χ4n) is 3.10. The van der Waals surface area contributed by atoms with Gasteiger partial charge in [0.2, 0.25) is 0 Å². The molecule has 0 atom stereocenters. The van der Waals surface area contributed by atoms with E-state index in [0.717, 1.165) is 29.3 Å². The third-order valence-corrected chi connectivity index (χ3v) is 5.26. The van der Waals surface area contributed by atoms with E-state index in [1.807, 2.05) is 13.1 Å². The van der Waals surface area contributed by atoms with Crippen LogP contribution in [0.1, 0.15) is 27.4 Å². The fourth-order valence-corrected chi connectivity index (χ4v) is 4.08. The van der Waals surface area contributed by atoms with Gasteiger partial charge in [-0.05, 0) is 18.1 Å². The van der Waals surface area contributed by atoms with Crippen LogP contribution in [0.3, 0.4) is 0 Å². The van der Waals surface area contributed by atoms with Crippen LogP contribution in [-0.4, -0.2) is 20.8 Å². The van der Waals surface area contributed by atoms with Gasteiger partial charge in [-0.3, -0.25) is 5.01 Å². The molecule has 0 spiro atoms. The maximum atomic E-state index is 5.73. The first-order valence-corrected chi connectivity index (χ1v) is 8.49. The fraction of sp³-hybridized carbons (Fsp3) is 0.294. The lowest BCUT2D eigenvalue weighted by molar-refractivity contribution is 0.262. The Morgan fingerprint density at radius 3 is 2.96 bits per heavy atom. The summed E-state index contributed by atoms with van der Waals surface area (Å²) in [6.07, 6.45) is 1.98. The van der Waals surface area contributed by atoms with Crippen molar-refractivity contribution in [1.29, 1.82) is 0 Å². The normalized spacial score (nSPS) is 13.8. The van der Waals surface area contributed by atoms with Crippen molar-refractivity contribution < 1.29 is 0 Å². The van der Waals surface area contributed by atoms with Gasteiger partial charge in [-0.25, -0.2) is 4.98 Å². The minimum atomic E-state index is 0.570. The molecule has 0 radical (unpaired) electrons. The van der Waals surface area contributed by atoms with Crippen molar-refractivity contribution in [2.45, 2.75) is 26.6 Å². The Labute approximate surface area is 139 Å². The van der Waals surface area contributed by atoms with Gasteiger partial charge in [0.05, 0.1) is 34.7 Å². The lowest BCUT2D eigenvalue weighted by Crippen LogP contribution is -2.22. The van der Waals surface area contributed by atoms with Gasteiger partial charge >= 0.3 is 0 Å². The number of nitrogens with zero attached hydrogens (tertiary/aromatic N) is 4. The van der Waals surface area contributed by atoms with E-state index in [1.54, 1.807) is 11.3 Å². The molecular weight excluding hydrogens is 306 g/mol. The summed E-state index contributed by atoms with van der Waals surface area (Å²) in [6.45, 7) is 4.21. The molecule has 2 N–H and O–H groups in total. The number of nitrogens with two attached hydrogens (primary N) is 1. The highest BCUT2D eigenvalue weighted by Gasteiger charge is 2.22. The third-order valence-electron chi connectivity index (χ3n) is 4.27. The molecule has 0 saturated carbocycles. The molecule has 0 saturated heterocycles. The molecule has 2 aromatic heterocycles. The minimum Gasteiger partial charge on any atom is -0.329 e. The summed E-state index contributed by atoms with van der Waals surface area (Å²) in [5, 5.41) is 7.83. The number of aryl methyl sites for hydroxylation is 2. The maximum Gasteiger partial charge on any atom is 0.152 e.